The summed E-state index contributed by atoms with van der Waals surface area (Å²) in [6.07, 6.45) is 4.44. The molecule has 2 amide bonds. The number of hydrogen-bond donors (Lipinski definition) is 2. The average Bonchev–Trinajstić information content (AvgIpc) is 3.18. The Balaban J connectivity index is 1.40. The van der Waals surface area contributed by atoms with E-state index < -0.39 is 12.6 Å². The fourth-order valence-electron chi connectivity index (χ4n) is 3.94. The molecule has 0 spiro atoms. The first-order chi connectivity index (χ1) is 15.5. The van der Waals surface area contributed by atoms with E-state index in [0.29, 0.717) is 17.1 Å². The Morgan fingerprint density at radius 2 is 2.06 bits per heavy atom. The molecule has 4 rings (SSSR count). The van der Waals surface area contributed by atoms with Gasteiger partial charge in [-0.2, -0.15) is 13.9 Å². The molecule has 1 heterocycles. The van der Waals surface area contributed by atoms with Crippen LogP contribution >= 0.6 is 11.6 Å². The van der Waals surface area contributed by atoms with E-state index in [2.05, 4.69) is 32.6 Å². The molecule has 1 aliphatic rings. The van der Waals surface area contributed by atoms with E-state index in [-0.39, 0.29) is 18.3 Å². The molecule has 1 unspecified atom stereocenters. The number of benzene rings is 2. The zero-order valence-corrected chi connectivity index (χ0v) is 18.0. The molecule has 0 aliphatic heterocycles. The van der Waals surface area contributed by atoms with Gasteiger partial charge in [0.25, 0.3) is 0 Å². The number of nitrogens with zero attached hydrogens (tertiary/aromatic N) is 2. The van der Waals surface area contributed by atoms with Crippen molar-refractivity contribution in [3.63, 3.8) is 0 Å². The van der Waals surface area contributed by atoms with Gasteiger partial charge < -0.3 is 15.4 Å². The summed E-state index contributed by atoms with van der Waals surface area (Å²) in [5, 5.41) is 10.6. The first-order valence-corrected chi connectivity index (χ1v) is 10.7. The van der Waals surface area contributed by atoms with E-state index in [4.69, 9.17) is 11.6 Å². The lowest BCUT2D eigenvalue weighted by Gasteiger charge is -2.24. The highest BCUT2D eigenvalue weighted by molar-refractivity contribution is 6.30. The molecular formula is C23H23ClF2N4O2. The topological polar surface area (TPSA) is 68.2 Å². The van der Waals surface area contributed by atoms with Gasteiger partial charge in [0.1, 0.15) is 5.75 Å². The number of fused-ring (bicyclic) bond motifs is 1. The van der Waals surface area contributed by atoms with E-state index in [1.54, 1.807) is 0 Å². The molecule has 32 heavy (non-hydrogen) atoms. The summed E-state index contributed by atoms with van der Waals surface area (Å²) >= 11 is 5.96. The molecule has 2 N–H and O–H groups in total. The highest BCUT2D eigenvalue weighted by Gasteiger charge is 2.25. The first-order valence-electron chi connectivity index (χ1n) is 10.4. The SMILES string of the molecule is O=C(NCc1cc(Cl)ccc1OC(F)F)NC1CCCc2c1cnn2Cc1ccccc1. The minimum atomic E-state index is -2.96. The molecule has 1 aliphatic carbocycles. The molecule has 0 saturated heterocycles. The second-order valence-electron chi connectivity index (χ2n) is 7.59. The monoisotopic (exact) mass is 460 g/mol. The summed E-state index contributed by atoms with van der Waals surface area (Å²) in [6, 6.07) is 13.8. The molecule has 1 aromatic heterocycles. The van der Waals surface area contributed by atoms with Gasteiger partial charge in [0.05, 0.1) is 18.8 Å². The Hall–Kier alpha value is -3.13. The van der Waals surface area contributed by atoms with Crippen molar-refractivity contribution in [1.82, 2.24) is 20.4 Å². The van der Waals surface area contributed by atoms with Crippen molar-refractivity contribution in [3.05, 3.63) is 82.1 Å². The number of alkyl halides is 2. The van der Waals surface area contributed by atoms with Crippen LogP contribution < -0.4 is 15.4 Å². The second kappa shape index (κ2) is 9.99. The zero-order chi connectivity index (χ0) is 22.5. The summed E-state index contributed by atoms with van der Waals surface area (Å²) in [7, 11) is 0. The fourth-order valence-corrected chi connectivity index (χ4v) is 4.14. The Morgan fingerprint density at radius 3 is 2.84 bits per heavy atom. The second-order valence-corrected chi connectivity index (χ2v) is 8.03. The number of nitrogens with one attached hydrogen (secondary N) is 2. The molecule has 168 valence electrons. The third-order valence-electron chi connectivity index (χ3n) is 5.42. The van der Waals surface area contributed by atoms with Crippen LogP contribution in [0.2, 0.25) is 5.02 Å². The van der Waals surface area contributed by atoms with Crippen LogP contribution in [-0.4, -0.2) is 22.4 Å². The largest absolute Gasteiger partial charge is 0.434 e. The van der Waals surface area contributed by atoms with Crippen molar-refractivity contribution >= 4 is 17.6 Å². The molecule has 2 aromatic carbocycles. The van der Waals surface area contributed by atoms with Crippen LogP contribution in [0.1, 0.15) is 41.3 Å². The van der Waals surface area contributed by atoms with Gasteiger partial charge in [-0.25, -0.2) is 4.79 Å². The molecule has 1 atom stereocenters. The molecule has 6 nitrogen and oxygen atoms in total. The van der Waals surface area contributed by atoms with Gasteiger partial charge in [0.15, 0.2) is 0 Å². The molecule has 3 aromatic rings. The minimum Gasteiger partial charge on any atom is -0.434 e. The number of rotatable bonds is 7. The normalized spacial score (nSPS) is 15.3. The predicted molar refractivity (Wildman–Crippen MR) is 117 cm³/mol. The summed E-state index contributed by atoms with van der Waals surface area (Å²) < 4.78 is 31.7. The van der Waals surface area contributed by atoms with E-state index in [1.807, 2.05) is 29.1 Å². The molecule has 0 fully saturated rings. The van der Waals surface area contributed by atoms with Crippen LogP contribution in [0.4, 0.5) is 13.6 Å². The van der Waals surface area contributed by atoms with Crippen molar-refractivity contribution in [3.8, 4) is 5.75 Å². The van der Waals surface area contributed by atoms with Gasteiger partial charge in [-0.1, -0.05) is 41.9 Å². The van der Waals surface area contributed by atoms with E-state index in [0.717, 1.165) is 36.1 Å². The van der Waals surface area contributed by atoms with Gasteiger partial charge in [0, 0.05) is 28.4 Å². The Bertz CT molecular complexity index is 1080. The number of carbonyl (C=O) groups is 1. The van der Waals surface area contributed by atoms with Crippen molar-refractivity contribution in [2.45, 2.75) is 45.0 Å². The standard InChI is InChI=1S/C23H23ClF2N4O2/c24-17-9-10-21(32-22(25)26)16(11-17)12-27-23(31)29-19-7-4-8-20-18(19)13-28-30(20)14-15-5-2-1-3-6-15/h1-3,5-6,9-11,13,19,22H,4,7-8,12,14H2,(H2,27,29,31). The summed E-state index contributed by atoms with van der Waals surface area (Å²) in [6.45, 7) is -2.28. The Labute approximate surface area is 189 Å². The lowest BCUT2D eigenvalue weighted by molar-refractivity contribution is -0.0504. The van der Waals surface area contributed by atoms with Crippen LogP contribution in [0, 0.1) is 0 Å². The van der Waals surface area contributed by atoms with Gasteiger partial charge >= 0.3 is 12.6 Å². The van der Waals surface area contributed by atoms with Gasteiger partial charge in [0.2, 0.25) is 0 Å². The van der Waals surface area contributed by atoms with Crippen molar-refractivity contribution in [2.24, 2.45) is 0 Å². The van der Waals surface area contributed by atoms with Crippen LogP contribution in [0.3, 0.4) is 0 Å². The van der Waals surface area contributed by atoms with Crippen LogP contribution in [0.25, 0.3) is 0 Å². The van der Waals surface area contributed by atoms with Gasteiger partial charge in [-0.15, -0.1) is 0 Å². The third kappa shape index (κ3) is 5.37. The fraction of sp³-hybridized carbons (Fsp3) is 0.304. The molecule has 0 bridgehead atoms. The summed E-state index contributed by atoms with van der Waals surface area (Å²) in [5.74, 6) is -0.0214. The summed E-state index contributed by atoms with van der Waals surface area (Å²) in [4.78, 5) is 12.5. The highest BCUT2D eigenvalue weighted by Crippen LogP contribution is 2.30. The first kappa shape index (κ1) is 22.1. The molecule has 0 radical (unpaired) electrons. The number of aromatic nitrogens is 2. The minimum absolute atomic E-state index is 0.00128. The average molecular weight is 461 g/mol. The van der Waals surface area contributed by atoms with E-state index >= 15 is 0 Å². The summed E-state index contributed by atoms with van der Waals surface area (Å²) in [5.41, 5.74) is 3.65. The highest BCUT2D eigenvalue weighted by atomic mass is 35.5. The van der Waals surface area contributed by atoms with E-state index in [1.165, 1.54) is 18.2 Å². The van der Waals surface area contributed by atoms with Crippen molar-refractivity contribution in [1.29, 1.82) is 0 Å². The molecule has 0 saturated carbocycles. The predicted octanol–water partition coefficient (Wildman–Crippen LogP) is 5.06. The quantitative estimate of drug-likeness (QED) is 0.517. The number of urea groups is 1. The maximum atomic E-state index is 12.6. The van der Waals surface area contributed by atoms with Crippen LogP contribution in [0.5, 0.6) is 5.75 Å². The molecule has 9 heteroatoms. The Morgan fingerprint density at radius 1 is 1.25 bits per heavy atom. The maximum Gasteiger partial charge on any atom is 0.387 e. The number of hydrogen-bond acceptors (Lipinski definition) is 3. The lowest BCUT2D eigenvalue weighted by atomic mass is 9.93. The third-order valence-corrected chi connectivity index (χ3v) is 5.66. The van der Waals surface area contributed by atoms with Gasteiger partial charge in [-0.3, -0.25) is 4.68 Å². The van der Waals surface area contributed by atoms with Crippen molar-refractivity contribution in [2.75, 3.05) is 0 Å². The Kier molecular flexibility index (Phi) is 6.90. The maximum absolute atomic E-state index is 12.6. The lowest BCUT2D eigenvalue weighted by Crippen LogP contribution is -2.38. The number of carbonyl (C=O) groups excluding carboxylic acids is 1. The zero-order valence-electron chi connectivity index (χ0n) is 17.2. The number of amides is 2. The van der Waals surface area contributed by atoms with Crippen molar-refractivity contribution < 1.29 is 18.3 Å². The number of halogens is 3. The van der Waals surface area contributed by atoms with Crippen LogP contribution in [-0.2, 0) is 19.5 Å². The number of ether oxygens (including phenoxy) is 1. The van der Waals surface area contributed by atoms with Gasteiger partial charge in [-0.05, 0) is 43.0 Å². The molecular weight excluding hydrogens is 438 g/mol. The van der Waals surface area contributed by atoms with E-state index in [9.17, 15) is 13.6 Å². The smallest absolute Gasteiger partial charge is 0.387 e. The van der Waals surface area contributed by atoms with Crippen LogP contribution in [0.15, 0.2) is 54.7 Å².